The fraction of sp³-hybridized carbons (Fsp3) is 0.714. The molecule has 106 valence electrons. The van der Waals surface area contributed by atoms with E-state index in [-0.39, 0.29) is 6.10 Å². The predicted octanol–water partition coefficient (Wildman–Crippen LogP) is 0.153. The van der Waals surface area contributed by atoms with Gasteiger partial charge in [-0.05, 0) is 30.4 Å². The maximum absolute atomic E-state index is 9.71. The van der Waals surface area contributed by atoms with Gasteiger partial charge in [0.2, 0.25) is 0 Å². The summed E-state index contributed by atoms with van der Waals surface area (Å²) in [7, 11) is 3.50. The Labute approximate surface area is 119 Å². The molecule has 0 bridgehead atoms. The molecule has 19 heavy (non-hydrogen) atoms. The molecular formula is C14H27B2NO2. The Morgan fingerprint density at radius 3 is 2.84 bits per heavy atom. The molecule has 0 saturated heterocycles. The van der Waals surface area contributed by atoms with Crippen LogP contribution in [0.5, 0.6) is 0 Å². The summed E-state index contributed by atoms with van der Waals surface area (Å²) in [6.45, 7) is 7.98. The van der Waals surface area contributed by atoms with Gasteiger partial charge in [-0.15, -0.1) is 0 Å². The lowest BCUT2D eigenvalue weighted by atomic mass is 9.73. The van der Waals surface area contributed by atoms with Crippen molar-refractivity contribution >= 4 is 15.7 Å². The van der Waals surface area contributed by atoms with E-state index in [4.69, 9.17) is 4.74 Å². The van der Waals surface area contributed by atoms with Crippen LogP contribution in [0.25, 0.3) is 0 Å². The molecule has 0 fully saturated rings. The quantitative estimate of drug-likeness (QED) is 0.529. The molecule has 2 N–H and O–H groups in total. The minimum absolute atomic E-state index is 0.0664. The second-order valence-electron chi connectivity index (χ2n) is 6.00. The van der Waals surface area contributed by atoms with E-state index in [2.05, 4.69) is 38.2 Å². The third-order valence-corrected chi connectivity index (χ3v) is 3.67. The fourth-order valence-corrected chi connectivity index (χ4v) is 2.03. The lowest BCUT2D eigenvalue weighted by molar-refractivity contribution is 0.0554. The van der Waals surface area contributed by atoms with Crippen molar-refractivity contribution in [2.75, 3.05) is 13.2 Å². The molecule has 5 heteroatoms. The number of ether oxygens (including phenoxy) is 1. The largest absolute Gasteiger partial charge is 0.394 e. The molecule has 2 unspecified atom stereocenters. The number of rotatable bonds is 6. The summed E-state index contributed by atoms with van der Waals surface area (Å²) < 4.78 is 5.78. The molecule has 2 atom stereocenters. The van der Waals surface area contributed by atoms with Gasteiger partial charge in [-0.3, -0.25) is 0 Å². The van der Waals surface area contributed by atoms with Gasteiger partial charge in [0.25, 0.3) is 0 Å². The standard InChI is InChI=1S/C14H27B2NO2/c1-4-10(2)5-6-12-7-8-19-13(11(12)3)9-17-14(15,16)18/h5-6,10,13,17-18H,4,7-9,15-16H2,1-3H3/b6-5-. The van der Waals surface area contributed by atoms with Crippen molar-refractivity contribution in [3.8, 4) is 0 Å². The van der Waals surface area contributed by atoms with Crippen LogP contribution in [0.2, 0.25) is 0 Å². The van der Waals surface area contributed by atoms with Gasteiger partial charge in [0.1, 0.15) is 15.7 Å². The second-order valence-corrected chi connectivity index (χ2v) is 6.00. The molecule has 1 aliphatic rings. The smallest absolute Gasteiger partial charge is 0.149 e. The summed E-state index contributed by atoms with van der Waals surface area (Å²) in [5.74, 6) is 0.621. The minimum Gasteiger partial charge on any atom is -0.394 e. The van der Waals surface area contributed by atoms with Gasteiger partial charge >= 0.3 is 0 Å². The van der Waals surface area contributed by atoms with Crippen molar-refractivity contribution in [3.63, 3.8) is 0 Å². The SMILES string of the molecule is BC(B)(O)NCC1OCCC(/C=C\C(C)CC)=C1C. The Morgan fingerprint density at radius 1 is 1.58 bits per heavy atom. The molecule has 1 heterocycles. The maximum Gasteiger partial charge on any atom is 0.149 e. The lowest BCUT2D eigenvalue weighted by Crippen LogP contribution is -2.50. The third-order valence-electron chi connectivity index (χ3n) is 3.67. The molecule has 3 nitrogen and oxygen atoms in total. The monoisotopic (exact) mass is 263 g/mol. The topological polar surface area (TPSA) is 41.5 Å². The van der Waals surface area contributed by atoms with Crippen LogP contribution in [0.4, 0.5) is 0 Å². The first-order chi connectivity index (χ1) is 8.83. The van der Waals surface area contributed by atoms with Crippen molar-refractivity contribution in [1.82, 2.24) is 5.32 Å². The Bertz CT molecular complexity index is 348. The van der Waals surface area contributed by atoms with Crippen molar-refractivity contribution in [3.05, 3.63) is 23.3 Å². The fourth-order valence-electron chi connectivity index (χ4n) is 2.03. The van der Waals surface area contributed by atoms with Gasteiger partial charge in [-0.25, -0.2) is 0 Å². The van der Waals surface area contributed by atoms with Crippen LogP contribution in [0.15, 0.2) is 23.3 Å². The average molecular weight is 263 g/mol. The zero-order chi connectivity index (χ0) is 14.5. The van der Waals surface area contributed by atoms with Crippen molar-refractivity contribution in [2.24, 2.45) is 5.92 Å². The van der Waals surface area contributed by atoms with Gasteiger partial charge in [0.05, 0.1) is 12.7 Å². The van der Waals surface area contributed by atoms with E-state index in [0.717, 1.165) is 13.0 Å². The normalized spacial score (nSPS) is 23.1. The van der Waals surface area contributed by atoms with Gasteiger partial charge in [-0.1, -0.05) is 32.4 Å². The van der Waals surface area contributed by atoms with Crippen LogP contribution in [-0.4, -0.2) is 45.6 Å². The van der Waals surface area contributed by atoms with Crippen LogP contribution in [0.1, 0.15) is 33.6 Å². The molecule has 0 aromatic rings. The van der Waals surface area contributed by atoms with Crippen molar-refractivity contribution in [1.29, 1.82) is 0 Å². The predicted molar refractivity (Wildman–Crippen MR) is 85.7 cm³/mol. The zero-order valence-corrected chi connectivity index (χ0v) is 13.0. The Kier molecular flexibility index (Phi) is 6.37. The molecule has 0 amide bonds. The first kappa shape index (κ1) is 16.5. The van der Waals surface area contributed by atoms with Crippen molar-refractivity contribution in [2.45, 2.75) is 45.2 Å². The molecule has 0 spiro atoms. The first-order valence-corrected chi connectivity index (χ1v) is 7.30. The van der Waals surface area contributed by atoms with E-state index in [1.54, 1.807) is 15.7 Å². The van der Waals surface area contributed by atoms with Gasteiger partial charge in [-0.2, -0.15) is 0 Å². The van der Waals surface area contributed by atoms with Crippen LogP contribution in [0, 0.1) is 5.92 Å². The molecule has 0 aliphatic carbocycles. The van der Waals surface area contributed by atoms with Crippen LogP contribution >= 0.6 is 0 Å². The van der Waals surface area contributed by atoms with Crippen LogP contribution in [-0.2, 0) is 4.74 Å². The lowest BCUT2D eigenvalue weighted by Gasteiger charge is -2.29. The number of allylic oxidation sites excluding steroid dienone is 2. The Balaban J connectivity index is 2.67. The van der Waals surface area contributed by atoms with E-state index in [0.29, 0.717) is 12.5 Å². The van der Waals surface area contributed by atoms with E-state index in [9.17, 15) is 5.11 Å². The van der Waals surface area contributed by atoms with Crippen LogP contribution < -0.4 is 5.32 Å². The summed E-state index contributed by atoms with van der Waals surface area (Å²) in [6.07, 6.45) is 6.76. The highest BCUT2D eigenvalue weighted by atomic mass is 16.5. The highest BCUT2D eigenvalue weighted by Crippen LogP contribution is 2.22. The van der Waals surface area contributed by atoms with Gasteiger partial charge in [0.15, 0.2) is 0 Å². The molecule has 1 rings (SSSR count). The van der Waals surface area contributed by atoms with Gasteiger partial charge < -0.3 is 15.2 Å². The van der Waals surface area contributed by atoms with E-state index in [1.807, 2.05) is 0 Å². The first-order valence-electron chi connectivity index (χ1n) is 7.30. The highest BCUT2D eigenvalue weighted by molar-refractivity contribution is 6.38. The summed E-state index contributed by atoms with van der Waals surface area (Å²) in [5, 5.41) is 12.8. The summed E-state index contributed by atoms with van der Waals surface area (Å²) in [4.78, 5) is 0. The number of hydrogen-bond acceptors (Lipinski definition) is 3. The molecule has 0 aromatic heterocycles. The zero-order valence-electron chi connectivity index (χ0n) is 13.0. The third kappa shape index (κ3) is 5.98. The second kappa shape index (κ2) is 7.32. The number of nitrogens with one attached hydrogen (secondary N) is 1. The Morgan fingerprint density at radius 2 is 2.26 bits per heavy atom. The van der Waals surface area contributed by atoms with E-state index >= 15 is 0 Å². The number of aliphatic hydroxyl groups is 1. The molecule has 0 saturated carbocycles. The molecule has 0 aromatic carbocycles. The van der Waals surface area contributed by atoms with E-state index < -0.39 is 5.52 Å². The number of hydrogen-bond donors (Lipinski definition) is 2. The highest BCUT2D eigenvalue weighted by Gasteiger charge is 2.21. The molecule has 1 aliphatic heterocycles. The Hall–Kier alpha value is -0.510. The van der Waals surface area contributed by atoms with E-state index in [1.165, 1.54) is 17.6 Å². The summed E-state index contributed by atoms with van der Waals surface area (Å²) in [6, 6.07) is 0. The summed E-state index contributed by atoms with van der Waals surface area (Å²) >= 11 is 0. The van der Waals surface area contributed by atoms with Gasteiger partial charge in [0, 0.05) is 12.1 Å². The minimum atomic E-state index is -0.853. The molecule has 0 radical (unpaired) electrons. The molecular weight excluding hydrogens is 236 g/mol. The van der Waals surface area contributed by atoms with Crippen LogP contribution in [0.3, 0.4) is 0 Å². The van der Waals surface area contributed by atoms with Crippen molar-refractivity contribution < 1.29 is 9.84 Å². The average Bonchev–Trinajstić information content (AvgIpc) is 2.34. The maximum atomic E-state index is 9.71. The summed E-state index contributed by atoms with van der Waals surface area (Å²) in [5.41, 5.74) is 1.81.